The van der Waals surface area contributed by atoms with Gasteiger partial charge < -0.3 is 19.1 Å². The summed E-state index contributed by atoms with van der Waals surface area (Å²) in [5, 5.41) is 4.03. The number of likely N-dealkylation sites (tertiary alicyclic amines) is 2. The van der Waals surface area contributed by atoms with Crippen LogP contribution < -0.4 is 0 Å². The third kappa shape index (κ3) is 3.90. The first-order chi connectivity index (χ1) is 12.5. The summed E-state index contributed by atoms with van der Waals surface area (Å²) < 4.78 is 10.3. The fourth-order valence-electron chi connectivity index (χ4n) is 3.73. The number of piperidine rings is 1. The summed E-state index contributed by atoms with van der Waals surface area (Å²) in [5.74, 6) is 1.53. The Morgan fingerprint density at radius 1 is 1.23 bits per heavy atom. The molecule has 2 aliphatic heterocycles. The van der Waals surface area contributed by atoms with Crippen molar-refractivity contribution in [3.8, 4) is 0 Å². The smallest absolute Gasteiger partial charge is 0.249 e. The van der Waals surface area contributed by atoms with E-state index in [9.17, 15) is 9.59 Å². The van der Waals surface area contributed by atoms with Gasteiger partial charge in [-0.3, -0.25) is 9.59 Å². The highest BCUT2D eigenvalue weighted by Crippen LogP contribution is 2.34. The zero-order valence-corrected chi connectivity index (χ0v) is 15.8. The first-order valence-corrected chi connectivity index (χ1v) is 9.42. The van der Waals surface area contributed by atoms with Crippen molar-refractivity contribution in [2.45, 2.75) is 51.5 Å². The zero-order valence-electron chi connectivity index (χ0n) is 15.8. The van der Waals surface area contributed by atoms with Gasteiger partial charge in [0.25, 0.3) is 0 Å². The molecule has 2 fully saturated rings. The summed E-state index contributed by atoms with van der Waals surface area (Å²) in [6.07, 6.45) is 3.19. The zero-order chi connectivity index (χ0) is 18.7. The highest BCUT2D eigenvalue weighted by Gasteiger charge is 2.38. The van der Waals surface area contributed by atoms with Gasteiger partial charge in [-0.2, -0.15) is 4.98 Å². The number of nitrogens with zero attached hydrogens (tertiary/aromatic N) is 4. The third-order valence-electron chi connectivity index (χ3n) is 5.26. The van der Waals surface area contributed by atoms with E-state index in [1.165, 1.54) is 7.11 Å². The number of amides is 2. The molecule has 0 spiro atoms. The highest BCUT2D eigenvalue weighted by molar-refractivity contribution is 5.81. The second-order valence-corrected chi connectivity index (χ2v) is 7.42. The third-order valence-corrected chi connectivity index (χ3v) is 5.26. The van der Waals surface area contributed by atoms with Crippen LogP contribution in [0.25, 0.3) is 0 Å². The molecule has 3 rings (SSSR count). The number of hydrogen-bond acceptors (Lipinski definition) is 6. The largest absolute Gasteiger partial charge is 0.375 e. The van der Waals surface area contributed by atoms with Crippen LogP contribution in [0.4, 0.5) is 0 Å². The van der Waals surface area contributed by atoms with Gasteiger partial charge in [0, 0.05) is 38.6 Å². The van der Waals surface area contributed by atoms with Crippen LogP contribution in [-0.2, 0) is 14.3 Å². The van der Waals surface area contributed by atoms with Crippen LogP contribution >= 0.6 is 0 Å². The molecule has 1 aromatic heterocycles. The van der Waals surface area contributed by atoms with Gasteiger partial charge in [0.15, 0.2) is 5.82 Å². The molecule has 0 aromatic carbocycles. The molecular weight excluding hydrogens is 336 g/mol. The van der Waals surface area contributed by atoms with E-state index in [4.69, 9.17) is 9.26 Å². The van der Waals surface area contributed by atoms with Gasteiger partial charge in [0.1, 0.15) is 12.6 Å². The van der Waals surface area contributed by atoms with Crippen LogP contribution in [0, 0.1) is 5.92 Å². The van der Waals surface area contributed by atoms with E-state index in [1.807, 2.05) is 18.7 Å². The maximum absolute atomic E-state index is 13.0. The summed E-state index contributed by atoms with van der Waals surface area (Å²) in [4.78, 5) is 33.1. The quantitative estimate of drug-likeness (QED) is 0.791. The van der Waals surface area contributed by atoms with E-state index < -0.39 is 0 Å². The predicted molar refractivity (Wildman–Crippen MR) is 93.3 cm³/mol. The van der Waals surface area contributed by atoms with Crippen molar-refractivity contribution in [3.05, 3.63) is 11.7 Å². The number of ether oxygens (including phenoxy) is 1. The lowest BCUT2D eigenvalue weighted by Gasteiger charge is -2.34. The normalized spacial score (nSPS) is 21.6. The van der Waals surface area contributed by atoms with Crippen molar-refractivity contribution >= 4 is 11.8 Å². The van der Waals surface area contributed by atoms with Gasteiger partial charge >= 0.3 is 0 Å². The summed E-state index contributed by atoms with van der Waals surface area (Å²) in [7, 11) is 1.52. The van der Waals surface area contributed by atoms with E-state index in [1.54, 1.807) is 4.90 Å². The topological polar surface area (TPSA) is 88.8 Å². The number of carbonyl (C=O) groups is 2. The molecule has 0 saturated carbocycles. The molecule has 0 radical (unpaired) electrons. The Bertz CT molecular complexity index is 637. The van der Waals surface area contributed by atoms with Crippen molar-refractivity contribution in [1.82, 2.24) is 19.9 Å². The SMILES string of the molecule is COCC(=O)N1CCC(C(=O)N2CCC[C@@H]2c2nc(C(C)C)no2)CC1. The van der Waals surface area contributed by atoms with E-state index >= 15 is 0 Å². The molecule has 8 nitrogen and oxygen atoms in total. The lowest BCUT2D eigenvalue weighted by Crippen LogP contribution is -2.45. The fraction of sp³-hybridized carbons (Fsp3) is 0.778. The van der Waals surface area contributed by atoms with Crippen LogP contribution in [0.5, 0.6) is 0 Å². The maximum Gasteiger partial charge on any atom is 0.249 e. The lowest BCUT2D eigenvalue weighted by atomic mass is 9.95. The van der Waals surface area contributed by atoms with E-state index in [2.05, 4.69) is 10.1 Å². The Hall–Kier alpha value is -1.96. The van der Waals surface area contributed by atoms with E-state index in [0.29, 0.717) is 37.6 Å². The summed E-state index contributed by atoms with van der Waals surface area (Å²) in [5.41, 5.74) is 0. The van der Waals surface area contributed by atoms with Crippen LogP contribution in [0.2, 0.25) is 0 Å². The molecule has 0 unspecified atom stereocenters. The molecular formula is C18H28N4O4. The number of methoxy groups -OCH3 is 1. The number of aromatic nitrogens is 2. The minimum absolute atomic E-state index is 0.00970. The second-order valence-electron chi connectivity index (χ2n) is 7.42. The van der Waals surface area contributed by atoms with Crippen molar-refractivity contribution in [2.75, 3.05) is 33.4 Å². The predicted octanol–water partition coefficient (Wildman–Crippen LogP) is 1.74. The van der Waals surface area contributed by atoms with Crippen molar-refractivity contribution in [1.29, 1.82) is 0 Å². The maximum atomic E-state index is 13.0. The van der Waals surface area contributed by atoms with Crippen molar-refractivity contribution in [2.24, 2.45) is 5.92 Å². The van der Waals surface area contributed by atoms with Crippen molar-refractivity contribution < 1.29 is 18.8 Å². The van der Waals surface area contributed by atoms with Crippen LogP contribution in [0.3, 0.4) is 0 Å². The molecule has 0 aliphatic carbocycles. The monoisotopic (exact) mass is 364 g/mol. The van der Waals surface area contributed by atoms with E-state index in [0.717, 1.165) is 19.4 Å². The number of hydrogen-bond donors (Lipinski definition) is 0. The Balaban J connectivity index is 1.61. The first-order valence-electron chi connectivity index (χ1n) is 9.42. The number of carbonyl (C=O) groups excluding carboxylic acids is 2. The van der Waals surface area contributed by atoms with Crippen LogP contribution in [0.1, 0.15) is 63.2 Å². The van der Waals surface area contributed by atoms with Crippen molar-refractivity contribution in [3.63, 3.8) is 0 Å². The van der Waals surface area contributed by atoms with Gasteiger partial charge in [-0.15, -0.1) is 0 Å². The van der Waals surface area contributed by atoms with E-state index in [-0.39, 0.29) is 36.3 Å². The minimum Gasteiger partial charge on any atom is -0.375 e. The van der Waals surface area contributed by atoms with Gasteiger partial charge in [0.05, 0.1) is 0 Å². The average Bonchev–Trinajstić information content (AvgIpc) is 3.30. The first kappa shape index (κ1) is 18.8. The van der Waals surface area contributed by atoms with Gasteiger partial charge in [0.2, 0.25) is 17.7 Å². The summed E-state index contributed by atoms with van der Waals surface area (Å²) in [6.45, 7) is 6.08. The fourth-order valence-corrected chi connectivity index (χ4v) is 3.73. The minimum atomic E-state index is -0.115. The molecule has 1 atom stereocenters. The molecule has 0 N–H and O–H groups in total. The molecule has 2 amide bonds. The van der Waals surface area contributed by atoms with Crippen LogP contribution in [-0.4, -0.2) is 65.1 Å². The summed E-state index contributed by atoms with van der Waals surface area (Å²) >= 11 is 0. The van der Waals surface area contributed by atoms with Gasteiger partial charge in [-0.1, -0.05) is 19.0 Å². The van der Waals surface area contributed by atoms with Crippen LogP contribution in [0.15, 0.2) is 4.52 Å². The number of rotatable bonds is 5. The lowest BCUT2D eigenvalue weighted by molar-refractivity contribution is -0.143. The van der Waals surface area contributed by atoms with Gasteiger partial charge in [-0.05, 0) is 25.7 Å². The second kappa shape index (κ2) is 8.16. The molecule has 26 heavy (non-hydrogen) atoms. The Kier molecular flexibility index (Phi) is 5.90. The Morgan fingerprint density at radius 3 is 2.58 bits per heavy atom. The average molecular weight is 364 g/mol. The molecule has 8 heteroatoms. The molecule has 3 heterocycles. The molecule has 2 aliphatic rings. The Morgan fingerprint density at radius 2 is 1.96 bits per heavy atom. The van der Waals surface area contributed by atoms with Gasteiger partial charge in [-0.25, -0.2) is 0 Å². The standard InChI is InChI=1S/C18H28N4O4/c1-12(2)16-19-17(26-20-16)14-5-4-8-22(14)18(24)13-6-9-21(10-7-13)15(23)11-25-3/h12-14H,4-11H2,1-3H3/t14-/m1/s1. The molecule has 1 aromatic rings. The highest BCUT2D eigenvalue weighted by atomic mass is 16.5. The molecule has 2 saturated heterocycles. The Labute approximate surface area is 153 Å². The molecule has 144 valence electrons. The summed E-state index contributed by atoms with van der Waals surface area (Å²) in [6, 6.07) is -0.115. The molecule has 0 bridgehead atoms.